The second-order valence-corrected chi connectivity index (χ2v) is 7.09. The van der Waals surface area contributed by atoms with Gasteiger partial charge in [-0.3, -0.25) is 14.6 Å². The first-order valence-electron chi connectivity index (χ1n) is 9.11. The van der Waals surface area contributed by atoms with Crippen molar-refractivity contribution in [3.63, 3.8) is 0 Å². The van der Waals surface area contributed by atoms with Crippen LogP contribution in [0, 0.1) is 0 Å². The van der Waals surface area contributed by atoms with Crippen molar-refractivity contribution in [2.75, 3.05) is 13.2 Å². The zero-order valence-corrected chi connectivity index (χ0v) is 14.8. The van der Waals surface area contributed by atoms with E-state index < -0.39 is 0 Å². The highest BCUT2D eigenvalue weighted by molar-refractivity contribution is 5.08. The van der Waals surface area contributed by atoms with Crippen molar-refractivity contribution in [2.45, 2.75) is 50.7 Å². The molecule has 0 amide bonds. The van der Waals surface area contributed by atoms with Crippen molar-refractivity contribution in [2.24, 2.45) is 7.05 Å². The van der Waals surface area contributed by atoms with Gasteiger partial charge in [-0.1, -0.05) is 0 Å². The fraction of sp³-hybridized carbons (Fsp3) is 0.579. The Morgan fingerprint density at radius 1 is 1.20 bits per heavy atom. The summed E-state index contributed by atoms with van der Waals surface area (Å²) in [6.45, 7) is 3.38. The second kappa shape index (κ2) is 7.64. The van der Waals surface area contributed by atoms with Crippen molar-refractivity contribution in [3.8, 4) is 0 Å². The zero-order valence-electron chi connectivity index (χ0n) is 14.8. The topological polar surface area (TPSA) is 52.4 Å². The molecule has 6 nitrogen and oxygen atoms in total. The minimum absolute atomic E-state index is 0.224. The molecule has 6 heteroatoms. The molecule has 2 aliphatic rings. The van der Waals surface area contributed by atoms with Crippen LogP contribution in [-0.4, -0.2) is 51.1 Å². The summed E-state index contributed by atoms with van der Waals surface area (Å²) in [4.78, 5) is 6.58. The lowest BCUT2D eigenvalue weighted by molar-refractivity contribution is -0.102. The van der Waals surface area contributed by atoms with Crippen molar-refractivity contribution < 1.29 is 9.47 Å². The van der Waals surface area contributed by atoms with Gasteiger partial charge in [-0.2, -0.15) is 5.10 Å². The average Bonchev–Trinajstić information content (AvgIpc) is 3.22. The van der Waals surface area contributed by atoms with E-state index in [0.29, 0.717) is 25.4 Å². The lowest BCUT2D eigenvalue weighted by Crippen LogP contribution is -2.43. The molecule has 0 spiro atoms. The molecule has 2 fully saturated rings. The third kappa shape index (κ3) is 4.08. The van der Waals surface area contributed by atoms with Gasteiger partial charge in [-0.05, 0) is 37.0 Å². The summed E-state index contributed by atoms with van der Waals surface area (Å²) in [6, 6.07) is 4.52. The SMILES string of the molecule is Cn1cc(CN2CC[C@@H]3O[C@H](COCc4ccncc4)CC[C@@H]32)cn1. The molecule has 4 rings (SSSR count). The van der Waals surface area contributed by atoms with Crippen LogP contribution in [0.3, 0.4) is 0 Å². The van der Waals surface area contributed by atoms with Crippen LogP contribution in [0.2, 0.25) is 0 Å². The highest BCUT2D eigenvalue weighted by Crippen LogP contribution is 2.32. The number of hydrogen-bond acceptors (Lipinski definition) is 5. The summed E-state index contributed by atoms with van der Waals surface area (Å²) in [7, 11) is 1.97. The molecule has 2 aromatic rings. The van der Waals surface area contributed by atoms with Crippen LogP contribution in [0.4, 0.5) is 0 Å². The molecule has 0 aliphatic carbocycles. The van der Waals surface area contributed by atoms with Gasteiger partial charge in [0.15, 0.2) is 0 Å². The van der Waals surface area contributed by atoms with E-state index in [2.05, 4.69) is 21.2 Å². The van der Waals surface area contributed by atoms with Crippen LogP contribution in [0.25, 0.3) is 0 Å². The molecule has 25 heavy (non-hydrogen) atoms. The van der Waals surface area contributed by atoms with Gasteiger partial charge in [0.2, 0.25) is 0 Å². The van der Waals surface area contributed by atoms with Crippen LogP contribution < -0.4 is 0 Å². The van der Waals surface area contributed by atoms with Crippen LogP contribution in [0.1, 0.15) is 30.4 Å². The number of fused-ring (bicyclic) bond motifs is 1. The Labute approximate surface area is 148 Å². The van der Waals surface area contributed by atoms with E-state index in [1.54, 1.807) is 12.4 Å². The molecule has 2 aromatic heterocycles. The maximum Gasteiger partial charge on any atom is 0.0813 e. The number of aromatic nitrogens is 3. The number of aryl methyl sites for hydroxylation is 1. The third-order valence-corrected chi connectivity index (χ3v) is 5.22. The molecule has 0 N–H and O–H groups in total. The van der Waals surface area contributed by atoms with Gasteiger partial charge in [0.05, 0.1) is 31.6 Å². The molecule has 4 heterocycles. The Morgan fingerprint density at radius 3 is 2.88 bits per heavy atom. The van der Waals surface area contributed by atoms with Crippen LogP contribution >= 0.6 is 0 Å². The molecule has 2 saturated heterocycles. The standard InChI is InChI=1S/C19H26N4O2/c1-22-11-16(10-21-22)12-23-9-6-19-18(23)3-2-17(25-19)14-24-13-15-4-7-20-8-5-15/h4-5,7-8,10-11,17-19H,2-3,6,9,12-14H2,1H3/t17-,18-,19-/m0/s1. The van der Waals surface area contributed by atoms with E-state index in [4.69, 9.17) is 9.47 Å². The number of nitrogens with zero attached hydrogens (tertiary/aromatic N) is 4. The molecular weight excluding hydrogens is 316 g/mol. The largest absolute Gasteiger partial charge is 0.374 e. The summed E-state index contributed by atoms with van der Waals surface area (Å²) in [5.41, 5.74) is 2.44. The van der Waals surface area contributed by atoms with Gasteiger partial charge in [-0.25, -0.2) is 0 Å². The van der Waals surface area contributed by atoms with E-state index in [1.165, 1.54) is 12.0 Å². The first kappa shape index (κ1) is 16.7. The highest BCUT2D eigenvalue weighted by Gasteiger charge is 2.39. The van der Waals surface area contributed by atoms with Gasteiger partial charge in [0.25, 0.3) is 0 Å². The van der Waals surface area contributed by atoms with Crippen molar-refractivity contribution in [3.05, 3.63) is 48.0 Å². The Morgan fingerprint density at radius 2 is 2.08 bits per heavy atom. The van der Waals surface area contributed by atoms with Crippen molar-refractivity contribution in [1.29, 1.82) is 0 Å². The molecule has 2 aliphatic heterocycles. The van der Waals surface area contributed by atoms with Crippen LogP contribution in [-0.2, 0) is 29.7 Å². The maximum atomic E-state index is 6.32. The van der Waals surface area contributed by atoms with E-state index in [1.807, 2.05) is 30.1 Å². The van der Waals surface area contributed by atoms with Crippen molar-refractivity contribution in [1.82, 2.24) is 19.7 Å². The molecule has 0 radical (unpaired) electrons. The van der Waals surface area contributed by atoms with Crippen LogP contribution in [0.5, 0.6) is 0 Å². The molecule has 3 atom stereocenters. The summed E-state index contributed by atoms with van der Waals surface area (Å²) in [6.07, 6.45) is 11.6. The van der Waals surface area contributed by atoms with Crippen molar-refractivity contribution >= 4 is 0 Å². The number of likely N-dealkylation sites (tertiary alicyclic amines) is 1. The fourth-order valence-corrected chi connectivity index (χ4v) is 3.98. The van der Waals surface area contributed by atoms with Gasteiger partial charge < -0.3 is 9.47 Å². The Kier molecular flexibility index (Phi) is 5.10. The molecule has 134 valence electrons. The molecule has 0 unspecified atom stereocenters. The predicted molar refractivity (Wildman–Crippen MR) is 93.8 cm³/mol. The average molecular weight is 342 g/mol. The minimum atomic E-state index is 0.224. The molecule has 0 bridgehead atoms. The number of hydrogen-bond donors (Lipinski definition) is 0. The van der Waals surface area contributed by atoms with E-state index >= 15 is 0 Å². The smallest absolute Gasteiger partial charge is 0.0813 e. The lowest BCUT2D eigenvalue weighted by atomic mass is 9.99. The summed E-state index contributed by atoms with van der Waals surface area (Å²) >= 11 is 0. The maximum absolute atomic E-state index is 6.32. The normalized spacial score (nSPS) is 26.7. The van der Waals surface area contributed by atoms with Gasteiger partial charge in [0.1, 0.15) is 0 Å². The summed E-state index contributed by atoms with van der Waals surface area (Å²) in [5, 5.41) is 4.27. The minimum Gasteiger partial charge on any atom is -0.374 e. The van der Waals surface area contributed by atoms with Crippen LogP contribution in [0.15, 0.2) is 36.9 Å². The summed E-state index contributed by atoms with van der Waals surface area (Å²) < 4.78 is 14.0. The number of rotatable bonds is 6. The summed E-state index contributed by atoms with van der Waals surface area (Å²) in [5.74, 6) is 0. The van der Waals surface area contributed by atoms with Gasteiger partial charge >= 0.3 is 0 Å². The first-order chi connectivity index (χ1) is 12.3. The first-order valence-corrected chi connectivity index (χ1v) is 9.11. The lowest BCUT2D eigenvalue weighted by Gasteiger charge is -2.35. The van der Waals surface area contributed by atoms with Gasteiger partial charge in [-0.15, -0.1) is 0 Å². The second-order valence-electron chi connectivity index (χ2n) is 7.09. The highest BCUT2D eigenvalue weighted by atomic mass is 16.5. The Bertz CT molecular complexity index is 675. The quantitative estimate of drug-likeness (QED) is 0.805. The van der Waals surface area contributed by atoms with E-state index in [9.17, 15) is 0 Å². The molecule has 0 aromatic carbocycles. The fourth-order valence-electron chi connectivity index (χ4n) is 3.98. The Balaban J connectivity index is 1.24. The number of ether oxygens (including phenoxy) is 2. The van der Waals surface area contributed by atoms with E-state index in [-0.39, 0.29) is 6.10 Å². The monoisotopic (exact) mass is 342 g/mol. The predicted octanol–water partition coefficient (Wildman–Crippen LogP) is 2.15. The van der Waals surface area contributed by atoms with Gasteiger partial charge in [0, 0.05) is 50.3 Å². The van der Waals surface area contributed by atoms with E-state index in [0.717, 1.165) is 31.5 Å². The third-order valence-electron chi connectivity index (χ3n) is 5.22. The molecule has 0 saturated carbocycles. The molecular formula is C19H26N4O2. The Hall–Kier alpha value is -1.76. The number of pyridine rings is 1. The zero-order chi connectivity index (χ0) is 17.1.